The van der Waals surface area contributed by atoms with E-state index in [1.54, 1.807) is 13.2 Å². The highest BCUT2D eigenvalue weighted by atomic mass is 35.5. The molecule has 2 N–H and O–H groups in total. The van der Waals surface area contributed by atoms with Gasteiger partial charge in [-0.1, -0.05) is 11.6 Å². The number of sulfone groups is 1. The lowest BCUT2D eigenvalue weighted by Gasteiger charge is -2.10. The molecule has 0 saturated heterocycles. The summed E-state index contributed by atoms with van der Waals surface area (Å²) in [5.74, 6) is -0.687. The SMILES string of the molecule is CSc1nn2c(C)c(CN)c(C)nc2c1S(=O)(=O)c1ccc(F)c(Cl)c1. The number of hydrogen-bond donors (Lipinski definition) is 1. The smallest absolute Gasteiger partial charge is 0.213 e. The lowest BCUT2D eigenvalue weighted by Crippen LogP contribution is -2.10. The number of rotatable bonds is 4. The van der Waals surface area contributed by atoms with Crippen LogP contribution in [0.2, 0.25) is 5.02 Å². The van der Waals surface area contributed by atoms with E-state index in [4.69, 9.17) is 17.3 Å². The van der Waals surface area contributed by atoms with Gasteiger partial charge in [-0.3, -0.25) is 0 Å². The van der Waals surface area contributed by atoms with Gasteiger partial charge < -0.3 is 5.73 Å². The largest absolute Gasteiger partial charge is 0.326 e. The summed E-state index contributed by atoms with van der Waals surface area (Å²) in [6, 6.07) is 3.29. The van der Waals surface area contributed by atoms with Crippen LogP contribution in [0.3, 0.4) is 0 Å². The van der Waals surface area contributed by atoms with Crippen molar-refractivity contribution in [3.8, 4) is 0 Å². The Balaban J connectivity index is 2.38. The predicted octanol–water partition coefficient (Wildman–Crippen LogP) is 3.15. The summed E-state index contributed by atoms with van der Waals surface area (Å²) >= 11 is 6.96. The second-order valence-electron chi connectivity index (χ2n) is 5.62. The molecule has 0 bridgehead atoms. The van der Waals surface area contributed by atoms with E-state index in [-0.39, 0.29) is 27.0 Å². The summed E-state index contributed by atoms with van der Waals surface area (Å²) in [5, 5.41) is 4.42. The monoisotopic (exact) mass is 414 g/mol. The Labute approximate surface area is 159 Å². The van der Waals surface area contributed by atoms with Crippen LogP contribution >= 0.6 is 23.4 Å². The molecule has 0 amide bonds. The zero-order valence-corrected chi connectivity index (χ0v) is 16.6. The van der Waals surface area contributed by atoms with Crippen LogP contribution in [-0.2, 0) is 16.4 Å². The van der Waals surface area contributed by atoms with Crippen LogP contribution in [0, 0.1) is 19.7 Å². The number of aromatic nitrogens is 3. The zero-order chi connectivity index (χ0) is 19.2. The molecule has 0 fully saturated rings. The van der Waals surface area contributed by atoms with Gasteiger partial charge >= 0.3 is 0 Å². The van der Waals surface area contributed by atoms with Crippen molar-refractivity contribution in [2.24, 2.45) is 5.73 Å². The van der Waals surface area contributed by atoms with Gasteiger partial charge in [0.2, 0.25) is 9.84 Å². The number of fused-ring (bicyclic) bond motifs is 1. The minimum Gasteiger partial charge on any atom is -0.326 e. The lowest BCUT2D eigenvalue weighted by molar-refractivity contribution is 0.593. The highest BCUT2D eigenvalue weighted by Gasteiger charge is 2.30. The van der Waals surface area contributed by atoms with Gasteiger partial charge in [0, 0.05) is 23.5 Å². The molecule has 3 rings (SSSR count). The molecule has 0 radical (unpaired) electrons. The second-order valence-corrected chi connectivity index (χ2v) is 8.71. The highest BCUT2D eigenvalue weighted by molar-refractivity contribution is 7.99. The fourth-order valence-electron chi connectivity index (χ4n) is 2.75. The van der Waals surface area contributed by atoms with Crippen LogP contribution in [0.5, 0.6) is 0 Å². The maximum Gasteiger partial charge on any atom is 0.213 e. The first-order valence-electron chi connectivity index (χ1n) is 7.55. The molecule has 0 aliphatic heterocycles. The highest BCUT2D eigenvalue weighted by Crippen LogP contribution is 2.34. The fourth-order valence-corrected chi connectivity index (χ4v) is 5.41. The molecule has 0 unspecified atom stereocenters. The normalized spacial score (nSPS) is 12.1. The van der Waals surface area contributed by atoms with Gasteiger partial charge in [0.25, 0.3) is 0 Å². The summed E-state index contributed by atoms with van der Waals surface area (Å²) in [6.07, 6.45) is 1.73. The molecule has 0 aliphatic rings. The van der Waals surface area contributed by atoms with Gasteiger partial charge in [-0.25, -0.2) is 22.3 Å². The molecule has 3 aromatic rings. The van der Waals surface area contributed by atoms with Gasteiger partial charge in [-0.2, -0.15) is 5.10 Å². The second kappa shape index (κ2) is 6.80. The maximum atomic E-state index is 13.4. The molecule has 0 saturated carbocycles. The van der Waals surface area contributed by atoms with Gasteiger partial charge in [0.05, 0.1) is 9.92 Å². The number of aryl methyl sites for hydroxylation is 2. The van der Waals surface area contributed by atoms with E-state index in [0.29, 0.717) is 10.7 Å². The Kier molecular flexibility index (Phi) is 5.00. The molecular weight excluding hydrogens is 399 g/mol. The summed E-state index contributed by atoms with van der Waals surface area (Å²) < 4.78 is 41.4. The molecule has 0 aliphatic carbocycles. The average Bonchev–Trinajstić information content (AvgIpc) is 2.97. The Morgan fingerprint density at radius 3 is 2.62 bits per heavy atom. The van der Waals surface area contributed by atoms with E-state index < -0.39 is 15.7 Å². The minimum absolute atomic E-state index is 0.0255. The van der Waals surface area contributed by atoms with E-state index in [2.05, 4.69) is 10.1 Å². The minimum atomic E-state index is -4.01. The predicted molar refractivity (Wildman–Crippen MR) is 99.0 cm³/mol. The van der Waals surface area contributed by atoms with Gasteiger partial charge in [-0.05, 0) is 38.3 Å². The summed E-state index contributed by atoms with van der Waals surface area (Å²) in [7, 11) is -4.01. The van der Waals surface area contributed by atoms with Crippen molar-refractivity contribution in [1.82, 2.24) is 14.6 Å². The first-order chi connectivity index (χ1) is 12.2. The van der Waals surface area contributed by atoms with Gasteiger partial charge in [-0.15, -0.1) is 11.8 Å². The molecule has 2 heterocycles. The lowest BCUT2D eigenvalue weighted by atomic mass is 10.2. The van der Waals surface area contributed by atoms with E-state index in [0.717, 1.165) is 23.4 Å². The Morgan fingerprint density at radius 2 is 2.04 bits per heavy atom. The van der Waals surface area contributed by atoms with Gasteiger partial charge in [0.15, 0.2) is 10.5 Å². The number of halogens is 2. The summed E-state index contributed by atoms with van der Waals surface area (Å²) in [4.78, 5) is 4.29. The third-order valence-corrected chi connectivity index (χ3v) is 7.00. The molecule has 138 valence electrons. The van der Waals surface area contributed by atoms with Crippen molar-refractivity contribution < 1.29 is 12.8 Å². The fraction of sp³-hybridized carbons (Fsp3) is 0.250. The summed E-state index contributed by atoms with van der Waals surface area (Å²) in [5.41, 5.74) is 8.15. The van der Waals surface area contributed by atoms with Crippen LogP contribution in [0.15, 0.2) is 33.0 Å². The molecule has 10 heteroatoms. The van der Waals surface area contributed by atoms with Crippen LogP contribution in [0.25, 0.3) is 5.65 Å². The Morgan fingerprint density at radius 1 is 1.35 bits per heavy atom. The van der Waals surface area contributed by atoms with Crippen LogP contribution in [0.4, 0.5) is 4.39 Å². The molecule has 0 spiro atoms. The number of hydrogen-bond acceptors (Lipinski definition) is 6. The zero-order valence-electron chi connectivity index (χ0n) is 14.2. The van der Waals surface area contributed by atoms with Crippen LogP contribution in [0.1, 0.15) is 17.0 Å². The van der Waals surface area contributed by atoms with Crippen molar-refractivity contribution in [3.63, 3.8) is 0 Å². The molecule has 1 aromatic carbocycles. The first kappa shape index (κ1) is 19.1. The molecule has 6 nitrogen and oxygen atoms in total. The Bertz CT molecular complexity index is 1130. The topological polar surface area (TPSA) is 90.3 Å². The number of benzene rings is 1. The third kappa shape index (κ3) is 2.88. The third-order valence-electron chi connectivity index (χ3n) is 4.12. The molecule has 26 heavy (non-hydrogen) atoms. The van der Waals surface area contributed by atoms with Crippen molar-refractivity contribution in [3.05, 3.63) is 46.0 Å². The molecular formula is C16H16ClFN4O2S2. The van der Waals surface area contributed by atoms with E-state index >= 15 is 0 Å². The van der Waals surface area contributed by atoms with E-state index in [9.17, 15) is 12.8 Å². The van der Waals surface area contributed by atoms with Crippen molar-refractivity contribution in [1.29, 1.82) is 0 Å². The van der Waals surface area contributed by atoms with Crippen LogP contribution < -0.4 is 5.73 Å². The molecule has 0 atom stereocenters. The van der Waals surface area contributed by atoms with E-state index in [1.165, 1.54) is 22.3 Å². The van der Waals surface area contributed by atoms with Gasteiger partial charge in [0.1, 0.15) is 10.8 Å². The Hall–Kier alpha value is -1.68. The number of thioether (sulfide) groups is 1. The van der Waals surface area contributed by atoms with Crippen LogP contribution in [-0.4, -0.2) is 29.3 Å². The van der Waals surface area contributed by atoms with E-state index in [1.807, 2.05) is 6.92 Å². The molecule has 2 aromatic heterocycles. The van der Waals surface area contributed by atoms with Crippen molar-refractivity contribution in [2.45, 2.75) is 35.2 Å². The maximum absolute atomic E-state index is 13.4. The summed E-state index contributed by atoms with van der Waals surface area (Å²) in [6.45, 7) is 3.85. The quantitative estimate of drug-likeness (QED) is 0.521. The number of nitrogens with zero attached hydrogens (tertiary/aromatic N) is 3. The first-order valence-corrected chi connectivity index (χ1v) is 10.6. The van der Waals surface area contributed by atoms with Crippen molar-refractivity contribution in [2.75, 3.05) is 6.26 Å². The number of nitrogens with two attached hydrogens (primary N) is 1. The average molecular weight is 415 g/mol. The standard InChI is InChI=1S/C16H16ClFN4O2S2/c1-8-11(7-19)9(2)22-15(20-8)14(16(21-22)25-3)26(23,24)10-4-5-13(18)12(17)6-10/h4-6H,7,19H2,1-3H3. The van der Waals surface area contributed by atoms with Crippen molar-refractivity contribution >= 4 is 38.8 Å².